The van der Waals surface area contributed by atoms with Crippen molar-refractivity contribution in [2.75, 3.05) is 7.11 Å². The van der Waals surface area contributed by atoms with Gasteiger partial charge in [-0.3, -0.25) is 4.98 Å². The molecular formula is C14H13ClF3NO. The van der Waals surface area contributed by atoms with Crippen molar-refractivity contribution < 1.29 is 17.9 Å². The molecular weight excluding hydrogens is 291 g/mol. The molecule has 0 saturated heterocycles. The molecule has 0 aliphatic rings. The van der Waals surface area contributed by atoms with Crippen molar-refractivity contribution in [3.63, 3.8) is 0 Å². The number of pyridine rings is 1. The zero-order valence-corrected chi connectivity index (χ0v) is 11.7. The second-order valence-electron chi connectivity index (χ2n) is 4.10. The van der Waals surface area contributed by atoms with E-state index in [9.17, 15) is 13.2 Å². The van der Waals surface area contributed by atoms with Crippen molar-refractivity contribution in [2.24, 2.45) is 0 Å². The highest BCUT2D eigenvalue weighted by molar-refractivity contribution is 5.85. The Kier molecular flexibility index (Phi) is 5.00. The van der Waals surface area contributed by atoms with Crippen LogP contribution in [0.5, 0.6) is 5.75 Å². The van der Waals surface area contributed by atoms with E-state index in [1.165, 1.54) is 13.2 Å². The lowest BCUT2D eigenvalue weighted by Gasteiger charge is -2.14. The number of alkyl halides is 3. The van der Waals surface area contributed by atoms with Crippen LogP contribution < -0.4 is 4.74 Å². The molecule has 0 fully saturated rings. The zero-order valence-electron chi connectivity index (χ0n) is 10.9. The molecule has 2 rings (SSSR count). The summed E-state index contributed by atoms with van der Waals surface area (Å²) in [5.41, 5.74) is 1.58. The van der Waals surface area contributed by atoms with Crippen LogP contribution in [0.1, 0.15) is 11.1 Å². The number of rotatable bonds is 2. The third-order valence-corrected chi connectivity index (χ3v) is 2.84. The van der Waals surface area contributed by atoms with Crippen LogP contribution in [0.2, 0.25) is 0 Å². The average molecular weight is 304 g/mol. The number of hydrogen-bond donors (Lipinski definition) is 0. The van der Waals surface area contributed by atoms with E-state index in [1.54, 1.807) is 18.5 Å². The number of benzene rings is 1. The minimum absolute atomic E-state index is 0. The van der Waals surface area contributed by atoms with Crippen molar-refractivity contribution in [3.8, 4) is 16.9 Å². The highest BCUT2D eigenvalue weighted by Crippen LogP contribution is 2.37. The molecule has 0 bridgehead atoms. The van der Waals surface area contributed by atoms with Gasteiger partial charge in [0.2, 0.25) is 0 Å². The van der Waals surface area contributed by atoms with E-state index in [1.807, 2.05) is 6.92 Å². The Bertz CT molecular complexity index is 599. The van der Waals surface area contributed by atoms with Crippen molar-refractivity contribution in [1.29, 1.82) is 0 Å². The molecule has 0 aliphatic carbocycles. The summed E-state index contributed by atoms with van der Waals surface area (Å²) >= 11 is 0. The van der Waals surface area contributed by atoms with Gasteiger partial charge in [0.15, 0.2) is 0 Å². The molecule has 2 aromatic rings. The van der Waals surface area contributed by atoms with Crippen LogP contribution in [0, 0.1) is 6.92 Å². The van der Waals surface area contributed by atoms with Gasteiger partial charge in [0.25, 0.3) is 0 Å². The highest BCUT2D eigenvalue weighted by Gasteiger charge is 2.31. The van der Waals surface area contributed by atoms with Crippen LogP contribution in [-0.2, 0) is 6.18 Å². The molecule has 108 valence electrons. The first-order chi connectivity index (χ1) is 8.93. The van der Waals surface area contributed by atoms with Crippen LogP contribution in [0.4, 0.5) is 13.2 Å². The normalized spacial score (nSPS) is 10.8. The number of aryl methyl sites for hydroxylation is 1. The predicted molar refractivity (Wildman–Crippen MR) is 73.2 cm³/mol. The number of ether oxygens (including phenoxy) is 1. The Morgan fingerprint density at radius 3 is 2.35 bits per heavy atom. The Balaban J connectivity index is 0.00000200. The van der Waals surface area contributed by atoms with E-state index >= 15 is 0 Å². The quantitative estimate of drug-likeness (QED) is 0.814. The topological polar surface area (TPSA) is 22.1 Å². The van der Waals surface area contributed by atoms with E-state index in [4.69, 9.17) is 4.74 Å². The highest BCUT2D eigenvalue weighted by atomic mass is 35.5. The molecule has 20 heavy (non-hydrogen) atoms. The maximum Gasteiger partial charge on any atom is 0.416 e. The second kappa shape index (κ2) is 6.13. The van der Waals surface area contributed by atoms with Gasteiger partial charge in [-0.1, -0.05) is 6.07 Å². The molecule has 1 aromatic carbocycles. The minimum atomic E-state index is -4.38. The summed E-state index contributed by atoms with van der Waals surface area (Å²) in [4.78, 5) is 3.96. The lowest BCUT2D eigenvalue weighted by atomic mass is 10.00. The monoisotopic (exact) mass is 303 g/mol. The first-order valence-electron chi connectivity index (χ1n) is 5.59. The summed E-state index contributed by atoms with van der Waals surface area (Å²) in [6.45, 7) is 1.85. The summed E-state index contributed by atoms with van der Waals surface area (Å²) in [5.74, 6) is 0.198. The standard InChI is InChI=1S/C14H12F3NO.ClH/c1-9-8-18-6-5-11(9)12-4-3-10(14(15,16)17)7-13(12)19-2;/h3-8H,1-2H3;1H. The molecule has 0 radical (unpaired) electrons. The summed E-state index contributed by atoms with van der Waals surface area (Å²) in [5, 5.41) is 0. The third-order valence-electron chi connectivity index (χ3n) is 2.84. The maximum atomic E-state index is 12.7. The number of aromatic nitrogens is 1. The largest absolute Gasteiger partial charge is 0.496 e. The molecule has 1 aromatic heterocycles. The van der Waals surface area contributed by atoms with Gasteiger partial charge < -0.3 is 4.74 Å². The number of nitrogens with zero attached hydrogens (tertiary/aromatic N) is 1. The summed E-state index contributed by atoms with van der Waals surface area (Å²) in [6.07, 6.45) is -1.12. The van der Waals surface area contributed by atoms with E-state index in [-0.39, 0.29) is 18.2 Å². The molecule has 0 amide bonds. The van der Waals surface area contributed by atoms with Gasteiger partial charge in [-0.2, -0.15) is 13.2 Å². The Morgan fingerprint density at radius 2 is 1.80 bits per heavy atom. The number of halogens is 4. The summed E-state index contributed by atoms with van der Waals surface area (Å²) in [6, 6.07) is 5.23. The van der Waals surface area contributed by atoms with Crippen molar-refractivity contribution in [1.82, 2.24) is 4.98 Å². The molecule has 0 saturated carbocycles. The summed E-state index contributed by atoms with van der Waals surface area (Å²) in [7, 11) is 1.36. The van der Waals surface area contributed by atoms with Crippen LogP contribution >= 0.6 is 12.4 Å². The van der Waals surface area contributed by atoms with Gasteiger partial charge in [0.05, 0.1) is 12.7 Å². The van der Waals surface area contributed by atoms with Gasteiger partial charge in [-0.25, -0.2) is 0 Å². The van der Waals surface area contributed by atoms with Gasteiger partial charge >= 0.3 is 6.18 Å². The first-order valence-corrected chi connectivity index (χ1v) is 5.59. The number of hydrogen-bond acceptors (Lipinski definition) is 2. The maximum absolute atomic E-state index is 12.7. The van der Waals surface area contributed by atoms with Crippen LogP contribution in [0.25, 0.3) is 11.1 Å². The Morgan fingerprint density at radius 1 is 1.10 bits per heavy atom. The lowest BCUT2D eigenvalue weighted by Crippen LogP contribution is -2.05. The smallest absolute Gasteiger partial charge is 0.416 e. The molecule has 6 heteroatoms. The molecule has 2 nitrogen and oxygen atoms in total. The van der Waals surface area contributed by atoms with Crippen LogP contribution in [0.3, 0.4) is 0 Å². The predicted octanol–water partition coefficient (Wildman–Crippen LogP) is 4.51. The molecule has 0 aliphatic heterocycles. The number of methoxy groups -OCH3 is 1. The Hall–Kier alpha value is -1.75. The van der Waals surface area contributed by atoms with Gasteiger partial charge in [-0.15, -0.1) is 12.4 Å². The van der Waals surface area contributed by atoms with E-state index in [2.05, 4.69) is 4.98 Å². The molecule has 0 atom stereocenters. The van der Waals surface area contributed by atoms with Gasteiger partial charge in [0, 0.05) is 18.0 Å². The van der Waals surface area contributed by atoms with Gasteiger partial charge in [-0.05, 0) is 36.2 Å². The van der Waals surface area contributed by atoms with Crippen LogP contribution in [0.15, 0.2) is 36.7 Å². The fourth-order valence-corrected chi connectivity index (χ4v) is 1.87. The molecule has 1 heterocycles. The van der Waals surface area contributed by atoms with Crippen molar-refractivity contribution in [3.05, 3.63) is 47.8 Å². The van der Waals surface area contributed by atoms with Crippen LogP contribution in [-0.4, -0.2) is 12.1 Å². The molecule has 0 N–H and O–H groups in total. The zero-order chi connectivity index (χ0) is 14.0. The van der Waals surface area contributed by atoms with Crippen molar-refractivity contribution >= 4 is 12.4 Å². The fourth-order valence-electron chi connectivity index (χ4n) is 1.87. The van der Waals surface area contributed by atoms with Crippen molar-refractivity contribution in [2.45, 2.75) is 13.1 Å². The minimum Gasteiger partial charge on any atom is -0.496 e. The van der Waals surface area contributed by atoms with E-state index in [0.29, 0.717) is 5.56 Å². The SMILES string of the molecule is COc1cc(C(F)(F)F)ccc1-c1ccncc1C.Cl. The third kappa shape index (κ3) is 3.22. The summed E-state index contributed by atoms with van der Waals surface area (Å²) < 4.78 is 43.0. The first kappa shape index (κ1) is 16.3. The lowest BCUT2D eigenvalue weighted by molar-refractivity contribution is -0.137. The van der Waals surface area contributed by atoms with E-state index < -0.39 is 11.7 Å². The molecule has 0 spiro atoms. The van der Waals surface area contributed by atoms with E-state index in [0.717, 1.165) is 23.3 Å². The molecule has 0 unspecified atom stereocenters. The second-order valence-corrected chi connectivity index (χ2v) is 4.10. The fraction of sp³-hybridized carbons (Fsp3) is 0.214. The van der Waals surface area contributed by atoms with Gasteiger partial charge in [0.1, 0.15) is 5.75 Å². The average Bonchev–Trinajstić information content (AvgIpc) is 2.37. The Labute approximate surface area is 121 Å².